The van der Waals surface area contributed by atoms with Crippen molar-refractivity contribution in [3.05, 3.63) is 51.1 Å². The molecule has 30 heavy (non-hydrogen) atoms. The predicted octanol–water partition coefficient (Wildman–Crippen LogP) is 3.31. The maximum absolute atomic E-state index is 12.5. The normalized spacial score (nSPS) is 10.6. The van der Waals surface area contributed by atoms with E-state index < -0.39 is 4.92 Å². The first-order valence-corrected chi connectivity index (χ1v) is 9.23. The SMILES string of the molecule is COc1cc(C)c(CN(C)CC(=O)Nc2cc(OC)c([N+](=O)[O-])cc2C)cc1OC. The van der Waals surface area contributed by atoms with E-state index in [1.807, 2.05) is 31.0 Å². The highest BCUT2D eigenvalue weighted by Gasteiger charge is 2.19. The Morgan fingerprint density at radius 1 is 1.00 bits per heavy atom. The topological polar surface area (TPSA) is 103 Å². The Labute approximate surface area is 175 Å². The number of nitrogens with zero attached hydrogens (tertiary/aromatic N) is 2. The number of hydrogen-bond acceptors (Lipinski definition) is 7. The Balaban J connectivity index is 2.09. The van der Waals surface area contributed by atoms with Crippen molar-refractivity contribution in [1.82, 2.24) is 4.90 Å². The van der Waals surface area contributed by atoms with Crippen LogP contribution < -0.4 is 19.5 Å². The molecular weight excluding hydrogens is 390 g/mol. The molecule has 1 amide bonds. The average Bonchev–Trinajstić information content (AvgIpc) is 2.69. The third-order valence-electron chi connectivity index (χ3n) is 4.69. The molecule has 2 aromatic carbocycles. The van der Waals surface area contributed by atoms with Gasteiger partial charge >= 0.3 is 5.69 Å². The number of ether oxygens (including phenoxy) is 3. The number of methoxy groups -OCH3 is 3. The van der Waals surface area contributed by atoms with Crippen molar-refractivity contribution in [2.45, 2.75) is 20.4 Å². The van der Waals surface area contributed by atoms with Gasteiger partial charge in [0.2, 0.25) is 5.91 Å². The molecule has 2 aromatic rings. The van der Waals surface area contributed by atoms with E-state index in [0.717, 1.165) is 11.1 Å². The number of carbonyl (C=O) groups excluding carboxylic acids is 1. The molecule has 0 spiro atoms. The summed E-state index contributed by atoms with van der Waals surface area (Å²) in [7, 11) is 6.35. The minimum absolute atomic E-state index is 0.0928. The van der Waals surface area contributed by atoms with Crippen LogP contribution in [0.25, 0.3) is 0 Å². The first kappa shape index (κ1) is 23.0. The van der Waals surface area contributed by atoms with Gasteiger partial charge in [0.15, 0.2) is 17.2 Å². The average molecular weight is 417 g/mol. The molecule has 0 radical (unpaired) electrons. The van der Waals surface area contributed by atoms with Crippen molar-refractivity contribution in [1.29, 1.82) is 0 Å². The lowest BCUT2D eigenvalue weighted by Gasteiger charge is -2.19. The lowest BCUT2D eigenvalue weighted by atomic mass is 10.1. The molecular formula is C21H27N3O6. The van der Waals surface area contributed by atoms with Gasteiger partial charge in [-0.3, -0.25) is 19.8 Å². The fourth-order valence-corrected chi connectivity index (χ4v) is 3.09. The summed E-state index contributed by atoms with van der Waals surface area (Å²) in [5.74, 6) is 1.14. The van der Waals surface area contributed by atoms with Crippen molar-refractivity contribution < 1.29 is 23.9 Å². The number of nitro groups is 1. The maximum Gasteiger partial charge on any atom is 0.311 e. The minimum atomic E-state index is -0.517. The van der Waals surface area contributed by atoms with Gasteiger partial charge in [-0.1, -0.05) is 0 Å². The van der Waals surface area contributed by atoms with E-state index >= 15 is 0 Å². The van der Waals surface area contributed by atoms with Crippen LogP contribution in [0.2, 0.25) is 0 Å². The number of hydrogen-bond donors (Lipinski definition) is 1. The van der Waals surface area contributed by atoms with E-state index in [-0.39, 0.29) is 23.9 Å². The van der Waals surface area contributed by atoms with E-state index in [1.165, 1.54) is 19.2 Å². The monoisotopic (exact) mass is 417 g/mol. The highest BCUT2D eigenvalue weighted by Crippen LogP contribution is 2.33. The van der Waals surface area contributed by atoms with Crippen molar-refractivity contribution >= 4 is 17.3 Å². The van der Waals surface area contributed by atoms with Gasteiger partial charge in [-0.25, -0.2) is 0 Å². The molecule has 9 nitrogen and oxygen atoms in total. The summed E-state index contributed by atoms with van der Waals surface area (Å²) in [4.78, 5) is 25.0. The van der Waals surface area contributed by atoms with Gasteiger partial charge in [0.05, 0.1) is 32.8 Å². The smallest absolute Gasteiger partial charge is 0.311 e. The second-order valence-corrected chi connectivity index (χ2v) is 6.95. The lowest BCUT2D eigenvalue weighted by molar-refractivity contribution is -0.385. The molecule has 0 aliphatic rings. The quantitative estimate of drug-likeness (QED) is 0.493. The summed E-state index contributed by atoms with van der Waals surface area (Å²) in [6.07, 6.45) is 0. The molecule has 0 fully saturated rings. The number of rotatable bonds is 9. The molecule has 0 unspecified atom stereocenters. The largest absolute Gasteiger partial charge is 0.493 e. The molecule has 0 heterocycles. The Hall–Kier alpha value is -3.33. The van der Waals surface area contributed by atoms with Crippen LogP contribution in [0.15, 0.2) is 24.3 Å². The first-order valence-electron chi connectivity index (χ1n) is 9.23. The van der Waals surface area contributed by atoms with Crippen molar-refractivity contribution in [2.24, 2.45) is 0 Å². The molecule has 0 aliphatic heterocycles. The number of nitro benzene ring substituents is 1. The van der Waals surface area contributed by atoms with Gasteiger partial charge in [0, 0.05) is 24.4 Å². The number of amides is 1. The summed E-state index contributed by atoms with van der Waals surface area (Å²) in [6.45, 7) is 4.32. The number of carbonyl (C=O) groups is 1. The van der Waals surface area contributed by atoms with E-state index in [1.54, 1.807) is 21.1 Å². The number of nitrogens with one attached hydrogen (secondary N) is 1. The molecule has 0 saturated heterocycles. The van der Waals surface area contributed by atoms with Crippen molar-refractivity contribution in [3.8, 4) is 17.2 Å². The van der Waals surface area contributed by atoms with Crippen LogP contribution in [0, 0.1) is 24.0 Å². The number of benzene rings is 2. The van der Waals surface area contributed by atoms with E-state index in [4.69, 9.17) is 14.2 Å². The standard InChI is InChI=1S/C21H27N3O6/c1-13-8-19(29-5)20(30-6)9-15(13)11-23(3)12-21(25)22-16-10-18(28-4)17(24(26)27)7-14(16)2/h7-10H,11-12H2,1-6H3,(H,22,25). The van der Waals surface area contributed by atoms with Crippen LogP contribution in [0.4, 0.5) is 11.4 Å². The van der Waals surface area contributed by atoms with Crippen LogP contribution in [0.5, 0.6) is 17.2 Å². The molecule has 0 atom stereocenters. The van der Waals surface area contributed by atoms with Crippen LogP contribution in [0.1, 0.15) is 16.7 Å². The van der Waals surface area contributed by atoms with Crippen LogP contribution >= 0.6 is 0 Å². The minimum Gasteiger partial charge on any atom is -0.493 e. The van der Waals surface area contributed by atoms with Gasteiger partial charge in [0.1, 0.15) is 0 Å². The van der Waals surface area contributed by atoms with Gasteiger partial charge in [-0.2, -0.15) is 0 Å². The summed E-state index contributed by atoms with van der Waals surface area (Å²) in [6, 6.07) is 6.64. The van der Waals surface area contributed by atoms with Gasteiger partial charge in [-0.15, -0.1) is 0 Å². The molecule has 1 N–H and O–H groups in total. The lowest BCUT2D eigenvalue weighted by Crippen LogP contribution is -2.30. The van der Waals surface area contributed by atoms with E-state index in [9.17, 15) is 14.9 Å². The Bertz CT molecular complexity index is 945. The third kappa shape index (κ3) is 5.38. The fourth-order valence-electron chi connectivity index (χ4n) is 3.09. The second-order valence-electron chi connectivity index (χ2n) is 6.95. The van der Waals surface area contributed by atoms with Crippen molar-refractivity contribution in [3.63, 3.8) is 0 Å². The summed E-state index contributed by atoms with van der Waals surface area (Å²) in [5, 5.41) is 13.9. The van der Waals surface area contributed by atoms with Gasteiger partial charge in [-0.05, 0) is 49.7 Å². The Morgan fingerprint density at radius 2 is 1.60 bits per heavy atom. The zero-order chi connectivity index (χ0) is 22.4. The molecule has 0 saturated carbocycles. The Morgan fingerprint density at radius 3 is 2.17 bits per heavy atom. The first-order chi connectivity index (χ1) is 14.2. The summed E-state index contributed by atoms with van der Waals surface area (Å²) in [5.41, 5.74) is 2.94. The number of likely N-dealkylation sites (N-methyl/N-ethyl adjacent to an activating group) is 1. The molecule has 0 aliphatic carbocycles. The fraction of sp³-hybridized carbons (Fsp3) is 0.381. The number of anilines is 1. The predicted molar refractivity (Wildman–Crippen MR) is 114 cm³/mol. The van der Waals surface area contributed by atoms with E-state index in [2.05, 4.69) is 5.32 Å². The van der Waals surface area contributed by atoms with Crippen LogP contribution in [0.3, 0.4) is 0 Å². The van der Waals surface area contributed by atoms with E-state index in [0.29, 0.717) is 29.3 Å². The molecule has 2 rings (SSSR count). The Kier molecular flexibility index (Phi) is 7.60. The highest BCUT2D eigenvalue weighted by molar-refractivity contribution is 5.93. The van der Waals surface area contributed by atoms with Crippen LogP contribution in [-0.4, -0.2) is 50.7 Å². The molecule has 0 aromatic heterocycles. The zero-order valence-electron chi connectivity index (χ0n) is 18.1. The third-order valence-corrected chi connectivity index (χ3v) is 4.69. The second kappa shape index (κ2) is 9.93. The summed E-state index contributed by atoms with van der Waals surface area (Å²) < 4.78 is 15.7. The van der Waals surface area contributed by atoms with Crippen molar-refractivity contribution in [2.75, 3.05) is 40.2 Å². The maximum atomic E-state index is 12.5. The van der Waals surface area contributed by atoms with Gasteiger partial charge < -0.3 is 19.5 Å². The highest BCUT2D eigenvalue weighted by atomic mass is 16.6. The van der Waals surface area contributed by atoms with Crippen LogP contribution in [-0.2, 0) is 11.3 Å². The summed E-state index contributed by atoms with van der Waals surface area (Å²) >= 11 is 0. The molecule has 162 valence electrons. The zero-order valence-corrected chi connectivity index (χ0v) is 18.1. The molecule has 0 bridgehead atoms. The number of aryl methyl sites for hydroxylation is 2. The van der Waals surface area contributed by atoms with Gasteiger partial charge in [0.25, 0.3) is 0 Å². The molecule has 9 heteroatoms.